The molecular weight excluding hydrogens is 321 g/mol. The molecular formula is C10H14N3O5Se. The van der Waals surface area contributed by atoms with Crippen molar-refractivity contribution in [1.82, 2.24) is 9.55 Å². The maximum absolute atomic E-state index is 11.1. The Kier molecular flexibility index (Phi) is 4.07. The molecule has 0 spiro atoms. The number of aliphatic hydroxyl groups excluding tert-OH is 3. The molecule has 8 nitrogen and oxygen atoms in total. The first-order valence-electron chi connectivity index (χ1n) is 5.58. The van der Waals surface area contributed by atoms with Gasteiger partial charge in [-0.2, -0.15) is 0 Å². The second-order valence-corrected chi connectivity index (χ2v) is 5.01. The SMILES string of the molecule is NC[C@@]1(n2ccc(=O)nc2[Se])O[C@H](CO)[C@@H](O)[C@H]1O. The van der Waals surface area contributed by atoms with Gasteiger partial charge in [-0.15, -0.1) is 0 Å². The molecule has 0 unspecified atom stereocenters. The molecule has 0 bridgehead atoms. The Morgan fingerprint density at radius 1 is 1.58 bits per heavy atom. The summed E-state index contributed by atoms with van der Waals surface area (Å²) in [6, 6.07) is 1.19. The summed E-state index contributed by atoms with van der Waals surface area (Å²) in [6.07, 6.45) is -2.24. The molecule has 0 aromatic carbocycles. The van der Waals surface area contributed by atoms with Gasteiger partial charge in [-0.05, 0) is 0 Å². The fourth-order valence-corrected chi connectivity index (χ4v) is 2.80. The fraction of sp³-hybridized carbons (Fsp3) is 0.600. The Labute approximate surface area is 116 Å². The number of nitrogens with zero attached hydrogens (tertiary/aromatic N) is 2. The summed E-state index contributed by atoms with van der Waals surface area (Å²) in [6.45, 7) is -0.628. The summed E-state index contributed by atoms with van der Waals surface area (Å²) < 4.78 is 7.02. The number of aliphatic hydroxyl groups is 3. The van der Waals surface area contributed by atoms with E-state index >= 15 is 0 Å². The Morgan fingerprint density at radius 2 is 2.26 bits per heavy atom. The van der Waals surface area contributed by atoms with Gasteiger partial charge in [-0.1, -0.05) is 0 Å². The van der Waals surface area contributed by atoms with E-state index in [4.69, 9.17) is 15.6 Å². The van der Waals surface area contributed by atoms with Crippen LogP contribution >= 0.6 is 0 Å². The first kappa shape index (κ1) is 14.6. The Hall–Kier alpha value is -0.801. The van der Waals surface area contributed by atoms with Crippen LogP contribution in [0.1, 0.15) is 0 Å². The van der Waals surface area contributed by atoms with E-state index in [1.54, 1.807) is 0 Å². The normalized spacial score (nSPS) is 34.6. The molecule has 1 aromatic rings. The zero-order chi connectivity index (χ0) is 14.2. The standard InChI is InChI=1S/C10H14N3O5Se/c11-4-10(8(17)7(16)5(3-14)18-10)13-2-1-6(15)12-9(13)19/h1-2,5,7-8,14,16-17H,3-4,11H2/t5-,7-,8-,10-/m1/s1. The molecule has 0 saturated carbocycles. The molecule has 0 amide bonds. The van der Waals surface area contributed by atoms with Gasteiger partial charge >= 0.3 is 116 Å². The van der Waals surface area contributed by atoms with Crippen molar-refractivity contribution < 1.29 is 20.1 Å². The Bertz CT molecular complexity index is 524. The summed E-state index contributed by atoms with van der Waals surface area (Å²) >= 11 is 2.58. The first-order valence-corrected chi connectivity index (χ1v) is 6.44. The van der Waals surface area contributed by atoms with Crippen molar-refractivity contribution in [2.24, 2.45) is 5.73 Å². The molecule has 1 fully saturated rings. The van der Waals surface area contributed by atoms with Gasteiger partial charge in [0.25, 0.3) is 0 Å². The molecule has 1 saturated heterocycles. The fourth-order valence-electron chi connectivity index (χ4n) is 2.16. The monoisotopic (exact) mass is 336 g/mol. The van der Waals surface area contributed by atoms with Crippen molar-refractivity contribution in [3.8, 4) is 0 Å². The predicted molar refractivity (Wildman–Crippen MR) is 64.9 cm³/mol. The summed E-state index contributed by atoms with van der Waals surface area (Å²) in [5.74, 6) is 0. The van der Waals surface area contributed by atoms with E-state index in [1.165, 1.54) is 16.8 Å². The van der Waals surface area contributed by atoms with Gasteiger partial charge in [-0.3, -0.25) is 0 Å². The molecule has 1 radical (unpaired) electrons. The van der Waals surface area contributed by atoms with Gasteiger partial charge in [0.15, 0.2) is 0 Å². The van der Waals surface area contributed by atoms with E-state index in [-0.39, 0.29) is 11.3 Å². The van der Waals surface area contributed by atoms with Gasteiger partial charge < -0.3 is 0 Å². The van der Waals surface area contributed by atoms with Crippen molar-refractivity contribution in [1.29, 1.82) is 0 Å². The van der Waals surface area contributed by atoms with Crippen LogP contribution in [-0.2, 0) is 10.5 Å². The summed E-state index contributed by atoms with van der Waals surface area (Å²) in [7, 11) is 0. The second-order valence-electron chi connectivity index (χ2n) is 4.24. The number of rotatable bonds is 3. The summed E-state index contributed by atoms with van der Waals surface area (Å²) in [4.78, 5) is 14.8. The topological polar surface area (TPSA) is 131 Å². The number of aromatic nitrogens is 2. The van der Waals surface area contributed by atoms with E-state index in [0.29, 0.717) is 0 Å². The second kappa shape index (κ2) is 5.29. The van der Waals surface area contributed by atoms with Crippen LogP contribution in [0, 0.1) is 0 Å². The van der Waals surface area contributed by atoms with Crippen molar-refractivity contribution in [3.05, 3.63) is 22.6 Å². The molecule has 19 heavy (non-hydrogen) atoms. The van der Waals surface area contributed by atoms with Crippen LogP contribution in [0.5, 0.6) is 0 Å². The van der Waals surface area contributed by atoms with Crippen LogP contribution < -0.4 is 16.0 Å². The minimum absolute atomic E-state index is 0.166. The van der Waals surface area contributed by atoms with Crippen LogP contribution in [-0.4, -0.2) is 72.3 Å². The van der Waals surface area contributed by atoms with Crippen LogP contribution in [0.25, 0.3) is 0 Å². The van der Waals surface area contributed by atoms with Crippen molar-refractivity contribution in [2.75, 3.05) is 13.2 Å². The quantitative estimate of drug-likeness (QED) is 0.412. The van der Waals surface area contributed by atoms with E-state index < -0.39 is 36.2 Å². The van der Waals surface area contributed by atoms with Crippen LogP contribution in [0.2, 0.25) is 0 Å². The molecule has 105 valence electrons. The summed E-state index contributed by atoms with van der Waals surface area (Å²) in [5, 5.41) is 29.1. The third kappa shape index (κ3) is 2.23. The number of hydrogen-bond acceptors (Lipinski definition) is 7. The Balaban J connectivity index is 2.52. The average molecular weight is 335 g/mol. The molecule has 2 rings (SSSR count). The van der Waals surface area contributed by atoms with E-state index in [0.717, 1.165) is 0 Å². The van der Waals surface area contributed by atoms with Crippen LogP contribution in [0.3, 0.4) is 0 Å². The zero-order valence-corrected chi connectivity index (χ0v) is 11.6. The van der Waals surface area contributed by atoms with E-state index in [9.17, 15) is 15.0 Å². The molecule has 5 N–H and O–H groups in total. The predicted octanol–water partition coefficient (Wildman–Crippen LogP) is -4.24. The maximum atomic E-state index is 11.1. The first-order chi connectivity index (χ1) is 8.96. The molecule has 1 aliphatic heterocycles. The van der Waals surface area contributed by atoms with Gasteiger partial charge in [0.1, 0.15) is 0 Å². The molecule has 2 heterocycles. The van der Waals surface area contributed by atoms with Crippen molar-refractivity contribution >= 4 is 20.7 Å². The van der Waals surface area contributed by atoms with E-state index in [2.05, 4.69) is 21.0 Å². The number of ether oxygens (including phenoxy) is 1. The number of hydrogen-bond donors (Lipinski definition) is 4. The third-order valence-electron chi connectivity index (χ3n) is 3.18. The van der Waals surface area contributed by atoms with Crippen LogP contribution in [0.15, 0.2) is 17.1 Å². The van der Waals surface area contributed by atoms with Gasteiger partial charge in [0.05, 0.1) is 0 Å². The zero-order valence-electron chi connectivity index (χ0n) is 9.84. The molecule has 4 atom stereocenters. The molecule has 0 aliphatic carbocycles. The minimum atomic E-state index is -1.48. The van der Waals surface area contributed by atoms with Crippen molar-refractivity contribution in [3.63, 3.8) is 0 Å². The van der Waals surface area contributed by atoms with Gasteiger partial charge in [0, 0.05) is 0 Å². The summed E-state index contributed by atoms with van der Waals surface area (Å²) in [5.41, 5.74) is 3.73. The molecule has 9 heteroatoms. The van der Waals surface area contributed by atoms with E-state index in [1.807, 2.05) is 0 Å². The Morgan fingerprint density at radius 3 is 2.74 bits per heavy atom. The molecule has 1 aromatic heterocycles. The van der Waals surface area contributed by atoms with Crippen LogP contribution in [0.4, 0.5) is 0 Å². The average Bonchev–Trinajstić information content (AvgIpc) is 2.64. The van der Waals surface area contributed by atoms with Gasteiger partial charge in [0.2, 0.25) is 0 Å². The van der Waals surface area contributed by atoms with Gasteiger partial charge in [-0.25, -0.2) is 0 Å². The van der Waals surface area contributed by atoms with Crippen molar-refractivity contribution in [2.45, 2.75) is 24.0 Å². The number of nitrogens with two attached hydrogens (primary N) is 1. The molecule has 1 aliphatic rings. The third-order valence-corrected chi connectivity index (χ3v) is 3.78.